The van der Waals surface area contributed by atoms with Crippen LogP contribution >= 0.6 is 0 Å². The number of alkyl halides is 3. The summed E-state index contributed by atoms with van der Waals surface area (Å²) in [4.78, 5) is 25.6. The largest absolute Gasteiger partial charge is 0.493 e. The summed E-state index contributed by atoms with van der Waals surface area (Å²) in [5.41, 5.74) is -3.78. The zero-order valence-corrected chi connectivity index (χ0v) is 19.2. The highest BCUT2D eigenvalue weighted by molar-refractivity contribution is 5.86. The zero-order valence-electron chi connectivity index (χ0n) is 19.2. The van der Waals surface area contributed by atoms with Crippen LogP contribution in [-0.4, -0.2) is 59.8 Å². The van der Waals surface area contributed by atoms with Crippen molar-refractivity contribution in [2.24, 2.45) is 0 Å². The van der Waals surface area contributed by atoms with Crippen molar-refractivity contribution in [3.63, 3.8) is 0 Å². The molecule has 0 fully saturated rings. The van der Waals surface area contributed by atoms with E-state index in [9.17, 15) is 22.8 Å². The van der Waals surface area contributed by atoms with E-state index in [-0.39, 0.29) is 11.3 Å². The summed E-state index contributed by atoms with van der Waals surface area (Å²) < 4.78 is 72.9. The molecule has 186 valence electrons. The first-order valence-corrected chi connectivity index (χ1v) is 9.82. The highest BCUT2D eigenvalue weighted by Crippen LogP contribution is 2.44. The Kier molecular flexibility index (Phi) is 8.88. The molecule has 8 nitrogen and oxygen atoms in total. The maximum atomic E-state index is 14.2. The molecule has 0 aromatic heterocycles. The average molecular weight is 486 g/mol. The van der Waals surface area contributed by atoms with Crippen LogP contribution in [0.3, 0.4) is 0 Å². The van der Waals surface area contributed by atoms with Crippen molar-refractivity contribution in [2.45, 2.75) is 24.0 Å². The van der Waals surface area contributed by atoms with Crippen molar-refractivity contribution in [3.8, 4) is 11.5 Å². The fourth-order valence-corrected chi connectivity index (χ4v) is 3.40. The van der Waals surface area contributed by atoms with Crippen molar-refractivity contribution >= 4 is 11.9 Å². The highest BCUT2D eigenvalue weighted by atomic mass is 19.4. The summed E-state index contributed by atoms with van der Waals surface area (Å²) in [5, 5.41) is 0. The minimum absolute atomic E-state index is 0.248. The number of benzene rings is 2. The van der Waals surface area contributed by atoms with E-state index < -0.39 is 41.5 Å². The fraction of sp³-hybridized carbons (Fsp3) is 0.391. The quantitative estimate of drug-likeness (QED) is 0.471. The third kappa shape index (κ3) is 5.10. The van der Waals surface area contributed by atoms with E-state index in [0.29, 0.717) is 5.75 Å². The zero-order chi connectivity index (χ0) is 25.5. The van der Waals surface area contributed by atoms with Crippen LogP contribution in [0.15, 0.2) is 48.5 Å². The topological polar surface area (TPSA) is 89.5 Å². The monoisotopic (exact) mass is 486 g/mol. The Hall–Kier alpha value is -3.31. The molecular weight excluding hydrogens is 461 g/mol. The van der Waals surface area contributed by atoms with E-state index in [1.54, 1.807) is 0 Å². The minimum Gasteiger partial charge on any atom is -0.493 e. The average Bonchev–Trinajstić information content (AvgIpc) is 2.83. The Morgan fingerprint density at radius 1 is 0.853 bits per heavy atom. The van der Waals surface area contributed by atoms with Gasteiger partial charge in [0.1, 0.15) is 6.10 Å². The summed E-state index contributed by atoms with van der Waals surface area (Å²) in [6, 6.07) is 10.6. The summed E-state index contributed by atoms with van der Waals surface area (Å²) in [7, 11) is 5.69. The lowest BCUT2D eigenvalue weighted by Gasteiger charge is -2.34. The van der Waals surface area contributed by atoms with E-state index in [1.807, 2.05) is 0 Å². The van der Waals surface area contributed by atoms with E-state index >= 15 is 0 Å². The van der Waals surface area contributed by atoms with Crippen molar-refractivity contribution in [3.05, 3.63) is 59.7 Å². The van der Waals surface area contributed by atoms with Gasteiger partial charge in [0.15, 0.2) is 11.5 Å². The van der Waals surface area contributed by atoms with Gasteiger partial charge >= 0.3 is 18.1 Å². The number of esters is 2. The Bertz CT molecular complexity index is 980. The van der Waals surface area contributed by atoms with Gasteiger partial charge in [0.05, 0.1) is 21.3 Å². The van der Waals surface area contributed by atoms with Crippen molar-refractivity contribution in [2.75, 3.05) is 35.5 Å². The number of hydrogen-bond acceptors (Lipinski definition) is 8. The molecule has 11 heteroatoms. The third-order valence-electron chi connectivity index (χ3n) is 5.11. The van der Waals surface area contributed by atoms with Gasteiger partial charge < -0.3 is 28.4 Å². The van der Waals surface area contributed by atoms with E-state index in [2.05, 4.69) is 4.74 Å². The molecule has 0 bridgehead atoms. The summed E-state index contributed by atoms with van der Waals surface area (Å²) in [6.07, 6.45) is -8.50. The highest BCUT2D eigenvalue weighted by Gasteiger charge is 2.64. The summed E-state index contributed by atoms with van der Waals surface area (Å²) >= 11 is 0. The number of methoxy groups -OCH3 is 5. The fourth-order valence-electron chi connectivity index (χ4n) is 3.40. The molecule has 0 heterocycles. The molecule has 0 spiro atoms. The molecule has 3 atom stereocenters. The number of carbonyl (C=O) groups is 2. The predicted octanol–water partition coefficient (Wildman–Crippen LogP) is 3.58. The minimum atomic E-state index is -5.23. The third-order valence-corrected chi connectivity index (χ3v) is 5.11. The van der Waals surface area contributed by atoms with Crippen LogP contribution in [0.5, 0.6) is 11.5 Å². The normalized spacial score (nSPS) is 14.9. The van der Waals surface area contributed by atoms with Crippen LogP contribution in [0.25, 0.3) is 0 Å². The molecule has 0 aliphatic carbocycles. The van der Waals surface area contributed by atoms with Crippen LogP contribution in [-0.2, 0) is 34.1 Å². The van der Waals surface area contributed by atoms with Gasteiger partial charge in [0.2, 0.25) is 6.10 Å². The Morgan fingerprint density at radius 2 is 1.47 bits per heavy atom. The van der Waals surface area contributed by atoms with Crippen LogP contribution in [0.4, 0.5) is 13.2 Å². The molecule has 0 aliphatic rings. The molecule has 2 aromatic carbocycles. The molecule has 2 aromatic rings. The summed E-state index contributed by atoms with van der Waals surface area (Å²) in [5.74, 6) is -2.41. The molecule has 0 saturated heterocycles. The molecule has 0 radical (unpaired) electrons. The van der Waals surface area contributed by atoms with Gasteiger partial charge in [0, 0.05) is 19.8 Å². The van der Waals surface area contributed by atoms with E-state index in [4.69, 9.17) is 23.7 Å². The molecule has 0 saturated carbocycles. The van der Waals surface area contributed by atoms with Crippen LogP contribution < -0.4 is 9.47 Å². The number of hydrogen-bond donors (Lipinski definition) is 0. The Balaban J connectivity index is 2.56. The lowest BCUT2D eigenvalue weighted by atomic mass is 9.92. The van der Waals surface area contributed by atoms with Gasteiger partial charge in [-0.2, -0.15) is 13.2 Å². The van der Waals surface area contributed by atoms with Crippen molar-refractivity contribution < 1.29 is 51.2 Å². The van der Waals surface area contributed by atoms with Crippen LogP contribution in [0.1, 0.15) is 17.2 Å². The second kappa shape index (κ2) is 11.2. The maximum absolute atomic E-state index is 14.2. The Labute approximate surface area is 194 Å². The second-order valence-electron chi connectivity index (χ2n) is 6.87. The van der Waals surface area contributed by atoms with Gasteiger partial charge in [0.25, 0.3) is 5.60 Å². The van der Waals surface area contributed by atoms with Gasteiger partial charge in [-0.25, -0.2) is 9.59 Å². The van der Waals surface area contributed by atoms with Crippen molar-refractivity contribution in [1.29, 1.82) is 0 Å². The van der Waals surface area contributed by atoms with Gasteiger partial charge in [-0.05, 0) is 17.7 Å². The SMILES string of the molecule is COC(=O)[C@@H](OC(=O)[C@](OC)(c1ccccc1)C(F)(F)F)[C@@H](OC)c1ccc(OC)c(OC)c1. The molecule has 0 aliphatic heterocycles. The van der Waals surface area contributed by atoms with Crippen LogP contribution in [0, 0.1) is 0 Å². The lowest BCUT2D eigenvalue weighted by Crippen LogP contribution is -2.53. The van der Waals surface area contributed by atoms with Gasteiger partial charge in [-0.15, -0.1) is 0 Å². The number of carbonyl (C=O) groups excluding carboxylic acids is 2. The molecule has 0 N–H and O–H groups in total. The molecule has 2 rings (SSSR count). The van der Waals surface area contributed by atoms with E-state index in [1.165, 1.54) is 57.7 Å². The van der Waals surface area contributed by atoms with E-state index in [0.717, 1.165) is 26.4 Å². The standard InChI is InChI=1S/C23H25F3O8/c1-29-16-12-11-14(13-17(16)30-2)18(31-3)19(20(27)32-4)34-21(28)22(33-5,23(24,25)26)15-9-7-6-8-10-15/h6-13,18-19H,1-5H3/t18-,19-,22+/m0/s1. The van der Waals surface area contributed by atoms with Crippen molar-refractivity contribution in [1.82, 2.24) is 0 Å². The van der Waals surface area contributed by atoms with Crippen LogP contribution in [0.2, 0.25) is 0 Å². The number of ether oxygens (including phenoxy) is 6. The first-order chi connectivity index (χ1) is 16.1. The number of rotatable bonds is 10. The summed E-state index contributed by atoms with van der Waals surface area (Å²) in [6.45, 7) is 0. The molecule has 0 unspecified atom stereocenters. The molecular formula is C23H25F3O8. The predicted molar refractivity (Wildman–Crippen MR) is 112 cm³/mol. The van der Waals surface area contributed by atoms with Gasteiger partial charge in [-0.3, -0.25) is 0 Å². The van der Waals surface area contributed by atoms with Gasteiger partial charge in [-0.1, -0.05) is 36.4 Å². The maximum Gasteiger partial charge on any atom is 0.432 e. The lowest BCUT2D eigenvalue weighted by molar-refractivity contribution is -0.279. The smallest absolute Gasteiger partial charge is 0.432 e. The Morgan fingerprint density at radius 3 is 1.94 bits per heavy atom. The molecule has 0 amide bonds. The first kappa shape index (κ1) is 26.9. The second-order valence-corrected chi connectivity index (χ2v) is 6.87. The molecule has 34 heavy (non-hydrogen) atoms. The number of halogens is 3. The first-order valence-electron chi connectivity index (χ1n) is 9.82.